The Labute approximate surface area is 74.8 Å². The van der Waals surface area contributed by atoms with E-state index in [4.69, 9.17) is 4.74 Å². The van der Waals surface area contributed by atoms with Gasteiger partial charge in [-0.1, -0.05) is 19.8 Å². The van der Waals surface area contributed by atoms with E-state index in [0.717, 1.165) is 13.0 Å². The van der Waals surface area contributed by atoms with Crippen LogP contribution in [-0.4, -0.2) is 19.0 Å². The molecule has 0 spiro atoms. The van der Waals surface area contributed by atoms with Gasteiger partial charge >= 0.3 is 0 Å². The average Bonchev–Trinajstić information content (AvgIpc) is 2.51. The van der Waals surface area contributed by atoms with Crippen LogP contribution in [-0.2, 0) is 9.53 Å². The number of rotatable bonds is 1. The van der Waals surface area contributed by atoms with E-state index in [2.05, 4.69) is 11.8 Å². The number of ketones is 1. The summed E-state index contributed by atoms with van der Waals surface area (Å²) in [7, 11) is 0. The molecule has 0 aromatic carbocycles. The van der Waals surface area contributed by atoms with Crippen LogP contribution >= 0.6 is 0 Å². The molecule has 0 radical (unpaired) electrons. The highest BCUT2D eigenvalue weighted by Gasteiger charge is 2.12. The van der Waals surface area contributed by atoms with Gasteiger partial charge in [0.15, 0.2) is 0 Å². The predicted octanol–water partition coefficient (Wildman–Crippen LogP) is 1.50. The van der Waals surface area contributed by atoms with Crippen molar-refractivity contribution in [3.8, 4) is 11.8 Å². The van der Waals surface area contributed by atoms with E-state index in [1.165, 1.54) is 0 Å². The Morgan fingerprint density at radius 2 is 2.42 bits per heavy atom. The second-order valence-corrected chi connectivity index (χ2v) is 3.35. The summed E-state index contributed by atoms with van der Waals surface area (Å²) in [5.74, 6) is 5.94. The number of Topliss-reactive ketones (excluding diaryl/α,β-unsaturated/α-hetero) is 1. The zero-order chi connectivity index (χ0) is 8.97. The molecule has 12 heavy (non-hydrogen) atoms. The largest absolute Gasteiger partial charge is 0.380 e. The first kappa shape index (κ1) is 9.28. The van der Waals surface area contributed by atoms with Gasteiger partial charge in [-0.15, -0.1) is 0 Å². The van der Waals surface area contributed by atoms with Crippen LogP contribution in [0.15, 0.2) is 0 Å². The van der Waals surface area contributed by atoms with Crippen LogP contribution in [0.25, 0.3) is 0 Å². The van der Waals surface area contributed by atoms with Crippen molar-refractivity contribution in [3.63, 3.8) is 0 Å². The van der Waals surface area contributed by atoms with Crippen molar-refractivity contribution in [2.75, 3.05) is 13.2 Å². The molecule has 0 aromatic rings. The van der Waals surface area contributed by atoms with Crippen molar-refractivity contribution >= 4 is 5.78 Å². The predicted molar refractivity (Wildman–Crippen MR) is 48.7 cm³/mol. The summed E-state index contributed by atoms with van der Waals surface area (Å²) in [6.45, 7) is 5.21. The summed E-state index contributed by atoms with van der Waals surface area (Å²) in [5, 5.41) is 0. The van der Waals surface area contributed by atoms with Crippen LogP contribution in [0.2, 0.25) is 0 Å². The molecule has 1 saturated heterocycles. The smallest absolute Gasteiger partial charge is 0.207 e. The van der Waals surface area contributed by atoms with Crippen LogP contribution in [0.5, 0.6) is 0 Å². The van der Waals surface area contributed by atoms with E-state index < -0.39 is 0 Å². The van der Waals surface area contributed by atoms with Crippen LogP contribution < -0.4 is 0 Å². The van der Waals surface area contributed by atoms with Gasteiger partial charge in [0.05, 0.1) is 6.61 Å². The maximum Gasteiger partial charge on any atom is 0.207 e. The SMILES string of the molecule is CC(C)C(=O)C#CC1CCOC1.[HH]. The third kappa shape index (κ3) is 2.67. The molecule has 0 saturated carbocycles. The molecule has 2 nitrogen and oxygen atoms in total. The van der Waals surface area contributed by atoms with Crippen LogP contribution in [0, 0.1) is 23.7 Å². The lowest BCUT2D eigenvalue weighted by Crippen LogP contribution is -2.04. The standard InChI is InChI=1S/C10H14O2.H2/c1-8(2)10(11)4-3-9-5-6-12-7-9;/h8-9H,5-7H2,1-2H3;1H. The highest BCUT2D eigenvalue weighted by atomic mass is 16.5. The first-order valence-electron chi connectivity index (χ1n) is 4.33. The second-order valence-electron chi connectivity index (χ2n) is 3.35. The van der Waals surface area contributed by atoms with Crippen molar-refractivity contribution in [3.05, 3.63) is 0 Å². The van der Waals surface area contributed by atoms with Crippen molar-refractivity contribution in [2.45, 2.75) is 20.3 Å². The van der Waals surface area contributed by atoms with Gasteiger partial charge in [-0.3, -0.25) is 4.79 Å². The van der Waals surface area contributed by atoms with Crippen molar-refractivity contribution in [2.24, 2.45) is 11.8 Å². The highest BCUT2D eigenvalue weighted by Crippen LogP contribution is 2.10. The molecule has 1 unspecified atom stereocenters. The van der Waals surface area contributed by atoms with E-state index in [9.17, 15) is 4.79 Å². The van der Waals surface area contributed by atoms with E-state index in [1.807, 2.05) is 13.8 Å². The minimum Gasteiger partial charge on any atom is -0.380 e. The molecule has 0 aliphatic carbocycles. The van der Waals surface area contributed by atoms with Gasteiger partial charge in [0.2, 0.25) is 5.78 Å². The van der Waals surface area contributed by atoms with Gasteiger partial charge in [-0.2, -0.15) is 0 Å². The Morgan fingerprint density at radius 1 is 1.67 bits per heavy atom. The molecule has 1 atom stereocenters. The average molecular weight is 168 g/mol. The van der Waals surface area contributed by atoms with Crippen LogP contribution in [0.4, 0.5) is 0 Å². The molecule has 1 aliphatic rings. The van der Waals surface area contributed by atoms with E-state index in [0.29, 0.717) is 6.61 Å². The van der Waals surface area contributed by atoms with Gasteiger partial charge in [0.1, 0.15) is 0 Å². The van der Waals surface area contributed by atoms with Gasteiger partial charge in [0, 0.05) is 19.9 Å². The summed E-state index contributed by atoms with van der Waals surface area (Å²) in [6, 6.07) is 0. The summed E-state index contributed by atoms with van der Waals surface area (Å²) in [6.07, 6.45) is 0.971. The summed E-state index contributed by atoms with van der Waals surface area (Å²) >= 11 is 0. The highest BCUT2D eigenvalue weighted by molar-refractivity contribution is 5.96. The lowest BCUT2D eigenvalue weighted by molar-refractivity contribution is -0.116. The quantitative estimate of drug-likeness (QED) is 0.438. The number of hydrogen-bond donors (Lipinski definition) is 0. The van der Waals surface area contributed by atoms with E-state index in [-0.39, 0.29) is 19.0 Å². The molecule has 1 fully saturated rings. The van der Waals surface area contributed by atoms with Gasteiger partial charge in [0.25, 0.3) is 0 Å². The van der Waals surface area contributed by atoms with Crippen molar-refractivity contribution in [1.29, 1.82) is 0 Å². The fraction of sp³-hybridized carbons (Fsp3) is 0.700. The normalized spacial score (nSPS) is 22.1. The van der Waals surface area contributed by atoms with Gasteiger partial charge < -0.3 is 4.74 Å². The van der Waals surface area contributed by atoms with Crippen molar-refractivity contribution < 1.29 is 11.0 Å². The second kappa shape index (κ2) is 4.27. The Bertz CT molecular complexity index is 219. The molecule has 1 heterocycles. The molecule has 1 aliphatic heterocycles. The fourth-order valence-corrected chi connectivity index (χ4v) is 0.966. The Kier molecular flexibility index (Phi) is 3.31. The number of ether oxygens (including phenoxy) is 1. The lowest BCUT2D eigenvalue weighted by Gasteiger charge is -1.95. The molecule has 0 bridgehead atoms. The minimum absolute atomic E-state index is 0. The molecular formula is C10H16O2. The number of carbonyl (C=O) groups is 1. The monoisotopic (exact) mass is 168 g/mol. The van der Waals surface area contributed by atoms with Gasteiger partial charge in [-0.05, 0) is 12.3 Å². The summed E-state index contributed by atoms with van der Waals surface area (Å²) in [5.41, 5.74) is 0. The molecule has 0 amide bonds. The zero-order valence-corrected chi connectivity index (χ0v) is 7.59. The van der Waals surface area contributed by atoms with E-state index in [1.54, 1.807) is 0 Å². The van der Waals surface area contributed by atoms with Crippen LogP contribution in [0.1, 0.15) is 21.7 Å². The molecule has 1 rings (SSSR count). The Hall–Kier alpha value is -0.810. The van der Waals surface area contributed by atoms with E-state index >= 15 is 0 Å². The number of carbonyl (C=O) groups excluding carboxylic acids is 1. The lowest BCUT2D eigenvalue weighted by atomic mass is 10.1. The first-order valence-corrected chi connectivity index (χ1v) is 4.33. The Morgan fingerprint density at radius 3 is 2.92 bits per heavy atom. The topological polar surface area (TPSA) is 26.3 Å². The number of hydrogen-bond acceptors (Lipinski definition) is 2. The molecule has 2 heteroatoms. The fourth-order valence-electron chi connectivity index (χ4n) is 0.966. The first-order chi connectivity index (χ1) is 5.70. The molecule has 68 valence electrons. The molecule has 0 aromatic heterocycles. The van der Waals surface area contributed by atoms with Crippen LogP contribution in [0.3, 0.4) is 0 Å². The summed E-state index contributed by atoms with van der Waals surface area (Å²) in [4.78, 5) is 11.1. The maximum atomic E-state index is 11.1. The van der Waals surface area contributed by atoms with Gasteiger partial charge in [-0.25, -0.2) is 0 Å². The molecular weight excluding hydrogens is 152 g/mol. The zero-order valence-electron chi connectivity index (χ0n) is 7.59. The third-order valence-electron chi connectivity index (χ3n) is 1.85. The molecule has 0 N–H and O–H groups in total. The third-order valence-corrected chi connectivity index (χ3v) is 1.85. The van der Waals surface area contributed by atoms with Crippen molar-refractivity contribution in [1.82, 2.24) is 0 Å². The maximum absolute atomic E-state index is 11.1. The Balaban J connectivity index is 0.00000144. The summed E-state index contributed by atoms with van der Waals surface area (Å²) < 4.78 is 5.14. The minimum atomic E-state index is 0.